The second-order valence-electron chi connectivity index (χ2n) is 4.28. The predicted octanol–water partition coefficient (Wildman–Crippen LogP) is 3.33. The number of benzene rings is 2. The highest BCUT2D eigenvalue weighted by molar-refractivity contribution is 5.97. The largest absolute Gasteiger partial charge is 0.372 e. The van der Waals surface area contributed by atoms with E-state index in [9.17, 15) is 4.79 Å². The summed E-state index contributed by atoms with van der Waals surface area (Å²) < 4.78 is 5.02. The van der Waals surface area contributed by atoms with Gasteiger partial charge in [-0.05, 0) is 18.6 Å². The third kappa shape index (κ3) is 3.20. The lowest BCUT2D eigenvalue weighted by molar-refractivity contribution is -0.124. The van der Waals surface area contributed by atoms with Gasteiger partial charge >= 0.3 is 0 Å². The molecular formula is C16H17NO2. The number of hydrogen-bond acceptors (Lipinski definition) is 2. The molecule has 0 saturated heterocycles. The van der Waals surface area contributed by atoms with Crippen LogP contribution in [0.5, 0.6) is 0 Å². The van der Waals surface area contributed by atoms with Crippen molar-refractivity contribution in [2.45, 2.75) is 13.0 Å². The van der Waals surface area contributed by atoms with Gasteiger partial charge in [0.1, 0.15) is 6.10 Å². The molecule has 0 aliphatic heterocycles. The van der Waals surface area contributed by atoms with Crippen molar-refractivity contribution >= 4 is 11.6 Å². The first-order valence-electron chi connectivity index (χ1n) is 6.20. The molecule has 0 heterocycles. The first-order chi connectivity index (χ1) is 9.22. The number of ether oxygens (including phenoxy) is 1. The third-order valence-electron chi connectivity index (χ3n) is 2.99. The highest BCUT2D eigenvalue weighted by Crippen LogP contribution is 2.27. The van der Waals surface area contributed by atoms with Gasteiger partial charge in [-0.2, -0.15) is 0 Å². The minimum atomic E-state index is -0.469. The highest BCUT2D eigenvalue weighted by Gasteiger charge is 2.13. The van der Waals surface area contributed by atoms with E-state index >= 15 is 0 Å². The Hall–Kier alpha value is -2.13. The van der Waals surface area contributed by atoms with Gasteiger partial charge in [-0.15, -0.1) is 0 Å². The van der Waals surface area contributed by atoms with Gasteiger partial charge in [-0.1, -0.05) is 48.5 Å². The minimum Gasteiger partial charge on any atom is -0.372 e. The van der Waals surface area contributed by atoms with Crippen LogP contribution in [0.4, 0.5) is 5.69 Å². The van der Waals surface area contributed by atoms with Gasteiger partial charge in [0.2, 0.25) is 0 Å². The molecule has 1 N–H and O–H groups in total. The molecule has 0 aliphatic rings. The van der Waals surface area contributed by atoms with Crippen LogP contribution in [-0.4, -0.2) is 19.1 Å². The number of anilines is 1. The van der Waals surface area contributed by atoms with Crippen molar-refractivity contribution in [3.8, 4) is 11.1 Å². The van der Waals surface area contributed by atoms with Crippen molar-refractivity contribution in [2.24, 2.45) is 0 Å². The molecule has 1 unspecified atom stereocenters. The van der Waals surface area contributed by atoms with Crippen LogP contribution in [0.1, 0.15) is 6.92 Å². The molecule has 2 aromatic carbocycles. The van der Waals surface area contributed by atoms with Crippen LogP contribution >= 0.6 is 0 Å². The quantitative estimate of drug-likeness (QED) is 0.910. The minimum absolute atomic E-state index is 0.147. The van der Waals surface area contributed by atoms with E-state index in [2.05, 4.69) is 5.32 Å². The fourth-order valence-corrected chi connectivity index (χ4v) is 1.80. The van der Waals surface area contributed by atoms with Gasteiger partial charge in [-0.25, -0.2) is 0 Å². The Kier molecular flexibility index (Phi) is 4.31. The number of carbonyl (C=O) groups is 1. The summed E-state index contributed by atoms with van der Waals surface area (Å²) in [6.45, 7) is 1.72. The van der Waals surface area contributed by atoms with Gasteiger partial charge in [0.15, 0.2) is 0 Å². The van der Waals surface area contributed by atoms with E-state index in [1.54, 1.807) is 6.92 Å². The van der Waals surface area contributed by atoms with Gasteiger partial charge in [0.25, 0.3) is 5.91 Å². The topological polar surface area (TPSA) is 38.3 Å². The van der Waals surface area contributed by atoms with E-state index in [-0.39, 0.29) is 5.91 Å². The van der Waals surface area contributed by atoms with Crippen LogP contribution in [0.15, 0.2) is 54.6 Å². The molecule has 19 heavy (non-hydrogen) atoms. The average molecular weight is 255 g/mol. The maximum absolute atomic E-state index is 11.9. The van der Waals surface area contributed by atoms with Crippen LogP contribution in [0.2, 0.25) is 0 Å². The fraction of sp³-hybridized carbons (Fsp3) is 0.188. The van der Waals surface area contributed by atoms with Crippen molar-refractivity contribution < 1.29 is 9.53 Å². The molecule has 0 saturated carbocycles. The summed E-state index contributed by atoms with van der Waals surface area (Å²) in [6, 6.07) is 17.7. The number of amides is 1. The van der Waals surface area contributed by atoms with Crippen molar-refractivity contribution in [3.63, 3.8) is 0 Å². The molecule has 0 fully saturated rings. The SMILES string of the molecule is COC(C)C(=O)Nc1ccccc1-c1ccccc1. The molecule has 0 aromatic heterocycles. The van der Waals surface area contributed by atoms with E-state index in [0.717, 1.165) is 16.8 Å². The van der Waals surface area contributed by atoms with E-state index in [1.165, 1.54) is 7.11 Å². The molecule has 1 atom stereocenters. The normalized spacial score (nSPS) is 11.9. The van der Waals surface area contributed by atoms with E-state index in [0.29, 0.717) is 0 Å². The first-order valence-corrected chi connectivity index (χ1v) is 6.20. The maximum atomic E-state index is 11.9. The average Bonchev–Trinajstić information content (AvgIpc) is 2.47. The molecule has 2 aromatic rings. The molecule has 3 nitrogen and oxygen atoms in total. The summed E-state index contributed by atoms with van der Waals surface area (Å²) in [5, 5.41) is 2.90. The Morgan fingerprint density at radius 2 is 1.68 bits per heavy atom. The van der Waals surface area contributed by atoms with Crippen LogP contribution in [0.3, 0.4) is 0 Å². The molecule has 0 aliphatic carbocycles. The van der Waals surface area contributed by atoms with Crippen LogP contribution in [0.25, 0.3) is 11.1 Å². The second kappa shape index (κ2) is 6.16. The van der Waals surface area contributed by atoms with Crippen molar-refractivity contribution in [1.29, 1.82) is 0 Å². The summed E-state index contributed by atoms with van der Waals surface area (Å²) in [7, 11) is 1.52. The number of nitrogens with one attached hydrogen (secondary N) is 1. The highest BCUT2D eigenvalue weighted by atomic mass is 16.5. The van der Waals surface area contributed by atoms with Crippen LogP contribution < -0.4 is 5.32 Å². The molecule has 3 heteroatoms. The maximum Gasteiger partial charge on any atom is 0.253 e. The van der Waals surface area contributed by atoms with Crippen molar-refractivity contribution in [3.05, 3.63) is 54.6 Å². The Bertz CT molecular complexity index is 552. The monoisotopic (exact) mass is 255 g/mol. The predicted molar refractivity (Wildman–Crippen MR) is 77.0 cm³/mol. The summed E-state index contributed by atoms with van der Waals surface area (Å²) in [6.07, 6.45) is -0.469. The van der Waals surface area contributed by atoms with Gasteiger partial charge in [0.05, 0.1) is 0 Å². The Labute approximate surface area is 113 Å². The second-order valence-corrected chi connectivity index (χ2v) is 4.28. The van der Waals surface area contributed by atoms with E-state index < -0.39 is 6.10 Å². The smallest absolute Gasteiger partial charge is 0.253 e. The zero-order valence-electron chi connectivity index (χ0n) is 11.1. The zero-order valence-corrected chi connectivity index (χ0v) is 11.1. The number of carbonyl (C=O) groups excluding carboxylic acids is 1. The van der Waals surface area contributed by atoms with Gasteiger partial charge in [0, 0.05) is 18.4 Å². The Morgan fingerprint density at radius 1 is 1.05 bits per heavy atom. The standard InChI is InChI=1S/C16H17NO2/c1-12(19-2)16(18)17-15-11-7-6-10-14(15)13-8-4-3-5-9-13/h3-12H,1-2H3,(H,17,18). The Morgan fingerprint density at radius 3 is 2.37 bits per heavy atom. The molecule has 0 radical (unpaired) electrons. The third-order valence-corrected chi connectivity index (χ3v) is 2.99. The first kappa shape index (κ1) is 13.3. The molecule has 1 amide bonds. The summed E-state index contributed by atoms with van der Waals surface area (Å²) >= 11 is 0. The number of hydrogen-bond donors (Lipinski definition) is 1. The van der Waals surface area contributed by atoms with Crippen molar-refractivity contribution in [2.75, 3.05) is 12.4 Å². The summed E-state index contributed by atoms with van der Waals surface area (Å²) in [4.78, 5) is 11.9. The number of para-hydroxylation sites is 1. The summed E-state index contributed by atoms with van der Waals surface area (Å²) in [5.41, 5.74) is 2.87. The lowest BCUT2D eigenvalue weighted by Crippen LogP contribution is -2.26. The van der Waals surface area contributed by atoms with Gasteiger partial charge in [-0.3, -0.25) is 4.79 Å². The molecule has 0 bridgehead atoms. The zero-order chi connectivity index (χ0) is 13.7. The van der Waals surface area contributed by atoms with E-state index in [1.807, 2.05) is 54.6 Å². The van der Waals surface area contributed by atoms with E-state index in [4.69, 9.17) is 4.74 Å². The van der Waals surface area contributed by atoms with Crippen LogP contribution in [0, 0.1) is 0 Å². The number of rotatable bonds is 4. The molecule has 98 valence electrons. The van der Waals surface area contributed by atoms with Crippen molar-refractivity contribution in [1.82, 2.24) is 0 Å². The fourth-order valence-electron chi connectivity index (χ4n) is 1.80. The van der Waals surface area contributed by atoms with Gasteiger partial charge < -0.3 is 10.1 Å². The Balaban J connectivity index is 2.30. The summed E-state index contributed by atoms with van der Waals surface area (Å²) in [5.74, 6) is -0.147. The molecule has 0 spiro atoms. The lowest BCUT2D eigenvalue weighted by Gasteiger charge is -2.14. The molecular weight excluding hydrogens is 238 g/mol. The number of methoxy groups -OCH3 is 1. The lowest BCUT2D eigenvalue weighted by atomic mass is 10.0. The molecule has 2 rings (SSSR count). The van der Waals surface area contributed by atoms with Crippen LogP contribution in [-0.2, 0) is 9.53 Å².